The molecule has 0 aliphatic rings. The Labute approximate surface area is 97.2 Å². The number of aliphatic hydroxyl groups excluding tert-OH is 1. The summed E-state index contributed by atoms with van der Waals surface area (Å²) in [7, 11) is 0. The Kier molecular flexibility index (Phi) is 3.05. The van der Waals surface area contributed by atoms with E-state index in [0.29, 0.717) is 10.7 Å². The molecule has 2 rings (SSSR count). The number of aryl methyl sites for hydroxylation is 1. The zero-order chi connectivity index (χ0) is 10.8. The number of hydrogen-bond donors (Lipinski definition) is 1. The first-order valence-corrected chi connectivity index (χ1v) is 5.78. The Bertz CT molecular complexity index is 469. The molecule has 0 amide bonds. The first-order chi connectivity index (χ1) is 7.18. The lowest BCUT2D eigenvalue weighted by molar-refractivity contribution is 0.219. The highest BCUT2D eigenvalue weighted by Crippen LogP contribution is 2.31. The van der Waals surface area contributed by atoms with Crippen molar-refractivity contribution in [2.45, 2.75) is 13.0 Å². The fourth-order valence-corrected chi connectivity index (χ4v) is 2.50. The molecular weight excluding hydrogens is 230 g/mol. The maximum absolute atomic E-state index is 10.0. The standard InChI is InChI=1S/C11H10ClNOS/c1-7-2-4-13-9(6-7)10(14)11-8(12)3-5-15-11/h2-6,10,14H,1H3. The molecule has 4 heteroatoms. The van der Waals surface area contributed by atoms with Gasteiger partial charge in [0.2, 0.25) is 0 Å². The average molecular weight is 240 g/mol. The third-order valence-corrected chi connectivity index (χ3v) is 3.52. The van der Waals surface area contributed by atoms with Crippen molar-refractivity contribution in [2.24, 2.45) is 0 Å². The topological polar surface area (TPSA) is 33.1 Å². The molecule has 78 valence electrons. The van der Waals surface area contributed by atoms with E-state index >= 15 is 0 Å². The third kappa shape index (κ3) is 2.20. The van der Waals surface area contributed by atoms with E-state index in [0.717, 1.165) is 10.4 Å². The molecular formula is C11H10ClNOS. The molecule has 0 fully saturated rings. The number of halogens is 1. The molecule has 0 spiro atoms. The monoisotopic (exact) mass is 239 g/mol. The summed E-state index contributed by atoms with van der Waals surface area (Å²) >= 11 is 7.38. The van der Waals surface area contributed by atoms with E-state index < -0.39 is 6.10 Å². The van der Waals surface area contributed by atoms with Crippen molar-refractivity contribution in [1.29, 1.82) is 0 Å². The molecule has 0 bridgehead atoms. The number of hydrogen-bond acceptors (Lipinski definition) is 3. The van der Waals surface area contributed by atoms with Crippen LogP contribution in [0.25, 0.3) is 0 Å². The quantitative estimate of drug-likeness (QED) is 0.873. The van der Waals surface area contributed by atoms with Crippen LogP contribution >= 0.6 is 22.9 Å². The number of thiophene rings is 1. The van der Waals surface area contributed by atoms with Gasteiger partial charge in [-0.15, -0.1) is 11.3 Å². The van der Waals surface area contributed by atoms with Crippen LogP contribution in [0.1, 0.15) is 22.2 Å². The van der Waals surface area contributed by atoms with Crippen LogP contribution in [0.15, 0.2) is 29.8 Å². The number of pyridine rings is 1. The van der Waals surface area contributed by atoms with Crippen molar-refractivity contribution >= 4 is 22.9 Å². The molecule has 0 aromatic carbocycles. The summed E-state index contributed by atoms with van der Waals surface area (Å²) in [6, 6.07) is 5.54. The Balaban J connectivity index is 2.36. The van der Waals surface area contributed by atoms with Gasteiger partial charge >= 0.3 is 0 Å². The number of aliphatic hydroxyl groups is 1. The van der Waals surface area contributed by atoms with Crippen molar-refractivity contribution in [3.8, 4) is 0 Å². The lowest BCUT2D eigenvalue weighted by Gasteiger charge is -2.09. The molecule has 1 N–H and O–H groups in total. The Morgan fingerprint density at radius 2 is 2.27 bits per heavy atom. The minimum Gasteiger partial charge on any atom is -0.381 e. The highest BCUT2D eigenvalue weighted by atomic mass is 35.5. The number of nitrogens with zero attached hydrogens (tertiary/aromatic N) is 1. The van der Waals surface area contributed by atoms with Crippen molar-refractivity contribution in [3.63, 3.8) is 0 Å². The summed E-state index contributed by atoms with van der Waals surface area (Å²) in [5.74, 6) is 0. The van der Waals surface area contributed by atoms with Crippen LogP contribution in [0.2, 0.25) is 5.02 Å². The van der Waals surface area contributed by atoms with E-state index in [-0.39, 0.29) is 0 Å². The Morgan fingerprint density at radius 1 is 1.47 bits per heavy atom. The van der Waals surface area contributed by atoms with Gasteiger partial charge in [-0.1, -0.05) is 11.6 Å². The number of aromatic nitrogens is 1. The molecule has 2 aromatic heterocycles. The second-order valence-electron chi connectivity index (χ2n) is 3.29. The largest absolute Gasteiger partial charge is 0.381 e. The van der Waals surface area contributed by atoms with E-state index in [4.69, 9.17) is 11.6 Å². The van der Waals surface area contributed by atoms with Crippen LogP contribution in [0.3, 0.4) is 0 Å². The second-order valence-corrected chi connectivity index (χ2v) is 4.65. The van der Waals surface area contributed by atoms with Gasteiger partial charge in [-0.05, 0) is 36.1 Å². The summed E-state index contributed by atoms with van der Waals surface area (Å²) in [6.07, 6.45) is 0.965. The summed E-state index contributed by atoms with van der Waals surface area (Å²) in [5, 5.41) is 12.5. The molecule has 0 saturated heterocycles. The molecule has 15 heavy (non-hydrogen) atoms. The third-order valence-electron chi connectivity index (χ3n) is 2.11. The predicted molar refractivity (Wildman–Crippen MR) is 62.4 cm³/mol. The first-order valence-electron chi connectivity index (χ1n) is 4.52. The minimum absolute atomic E-state index is 0.593. The average Bonchev–Trinajstić information content (AvgIpc) is 2.63. The van der Waals surface area contributed by atoms with E-state index in [9.17, 15) is 5.11 Å². The summed E-state index contributed by atoms with van der Waals surface area (Å²) in [5.41, 5.74) is 1.71. The van der Waals surface area contributed by atoms with Crippen LogP contribution in [-0.2, 0) is 0 Å². The summed E-state index contributed by atoms with van der Waals surface area (Å²) in [4.78, 5) is 4.88. The molecule has 2 heterocycles. The summed E-state index contributed by atoms with van der Waals surface area (Å²) < 4.78 is 0. The smallest absolute Gasteiger partial charge is 0.132 e. The first kappa shape index (κ1) is 10.6. The molecule has 0 saturated carbocycles. The fraction of sp³-hybridized carbons (Fsp3) is 0.182. The highest BCUT2D eigenvalue weighted by Gasteiger charge is 2.16. The van der Waals surface area contributed by atoms with Gasteiger partial charge in [0.1, 0.15) is 6.10 Å². The van der Waals surface area contributed by atoms with Gasteiger partial charge in [-0.2, -0.15) is 0 Å². The SMILES string of the molecule is Cc1ccnc(C(O)c2sccc2Cl)c1. The maximum Gasteiger partial charge on any atom is 0.132 e. The molecule has 2 nitrogen and oxygen atoms in total. The van der Waals surface area contributed by atoms with E-state index in [2.05, 4.69) is 4.98 Å². The van der Waals surface area contributed by atoms with Crippen LogP contribution in [0, 0.1) is 6.92 Å². The van der Waals surface area contributed by atoms with Gasteiger partial charge in [0.05, 0.1) is 15.6 Å². The predicted octanol–water partition coefficient (Wildman–Crippen LogP) is 3.19. The van der Waals surface area contributed by atoms with E-state index in [1.54, 1.807) is 12.3 Å². The van der Waals surface area contributed by atoms with Crippen molar-refractivity contribution < 1.29 is 5.11 Å². The lowest BCUT2D eigenvalue weighted by atomic mass is 10.1. The fourth-order valence-electron chi connectivity index (χ4n) is 1.34. The van der Waals surface area contributed by atoms with Gasteiger partial charge in [0.15, 0.2) is 0 Å². The zero-order valence-corrected chi connectivity index (χ0v) is 9.72. The van der Waals surface area contributed by atoms with Gasteiger partial charge in [0, 0.05) is 6.20 Å². The van der Waals surface area contributed by atoms with Crippen LogP contribution in [0.4, 0.5) is 0 Å². The minimum atomic E-state index is -0.725. The molecule has 0 aliphatic carbocycles. The van der Waals surface area contributed by atoms with Gasteiger partial charge in [-0.3, -0.25) is 4.98 Å². The second kappa shape index (κ2) is 4.31. The molecule has 2 aromatic rings. The van der Waals surface area contributed by atoms with Crippen LogP contribution in [-0.4, -0.2) is 10.1 Å². The lowest BCUT2D eigenvalue weighted by Crippen LogP contribution is -2.00. The van der Waals surface area contributed by atoms with E-state index in [1.165, 1.54) is 11.3 Å². The van der Waals surface area contributed by atoms with Crippen molar-refractivity contribution in [2.75, 3.05) is 0 Å². The highest BCUT2D eigenvalue weighted by molar-refractivity contribution is 7.10. The molecule has 0 radical (unpaired) electrons. The summed E-state index contributed by atoms with van der Waals surface area (Å²) in [6.45, 7) is 1.97. The van der Waals surface area contributed by atoms with Crippen molar-refractivity contribution in [1.82, 2.24) is 4.98 Å². The van der Waals surface area contributed by atoms with Gasteiger partial charge in [0.25, 0.3) is 0 Å². The van der Waals surface area contributed by atoms with E-state index in [1.807, 2.05) is 24.4 Å². The number of rotatable bonds is 2. The van der Waals surface area contributed by atoms with Gasteiger partial charge < -0.3 is 5.11 Å². The van der Waals surface area contributed by atoms with Crippen LogP contribution in [0.5, 0.6) is 0 Å². The van der Waals surface area contributed by atoms with Gasteiger partial charge in [-0.25, -0.2) is 0 Å². The molecule has 0 aliphatic heterocycles. The Hall–Kier alpha value is -0.900. The zero-order valence-electron chi connectivity index (χ0n) is 8.14. The normalized spacial score (nSPS) is 12.7. The van der Waals surface area contributed by atoms with Crippen molar-refractivity contribution in [3.05, 3.63) is 50.9 Å². The maximum atomic E-state index is 10.0. The molecule has 1 unspecified atom stereocenters. The van der Waals surface area contributed by atoms with Crippen LogP contribution < -0.4 is 0 Å². The molecule has 1 atom stereocenters. The Morgan fingerprint density at radius 3 is 2.87 bits per heavy atom.